The van der Waals surface area contributed by atoms with Gasteiger partial charge in [0.05, 0.1) is 5.02 Å². The van der Waals surface area contributed by atoms with Crippen LogP contribution in [0, 0.1) is 5.92 Å². The molecule has 0 saturated carbocycles. The van der Waals surface area contributed by atoms with Crippen molar-refractivity contribution in [3.8, 4) is 5.75 Å². The Bertz CT molecular complexity index is 413. The average Bonchev–Trinajstić information content (AvgIpc) is 2.27. The zero-order valence-corrected chi connectivity index (χ0v) is 13.8. The van der Waals surface area contributed by atoms with Crippen LogP contribution in [-0.2, 0) is 0 Å². The lowest BCUT2D eigenvalue weighted by Crippen LogP contribution is -2.44. The average molecular weight is 304 g/mol. The zero-order chi connectivity index (χ0) is 14.6. The standard InChI is InChI=1S/C15H23Cl2NO/c1-10(2)14(9-18-15(3,4)5)19-13-8-11(16)6-7-12(13)17/h6-8,10,14,18H,9H2,1-5H3. The molecule has 0 spiro atoms. The number of ether oxygens (including phenoxy) is 1. The van der Waals surface area contributed by atoms with Crippen molar-refractivity contribution in [3.63, 3.8) is 0 Å². The molecule has 0 fully saturated rings. The van der Waals surface area contributed by atoms with Crippen molar-refractivity contribution >= 4 is 23.2 Å². The van der Waals surface area contributed by atoms with Gasteiger partial charge in [0.15, 0.2) is 0 Å². The SMILES string of the molecule is CC(C)C(CNC(C)(C)C)Oc1cc(Cl)ccc1Cl. The smallest absolute Gasteiger partial charge is 0.139 e. The van der Waals surface area contributed by atoms with Crippen LogP contribution in [0.2, 0.25) is 10.0 Å². The molecule has 0 aliphatic rings. The summed E-state index contributed by atoms with van der Waals surface area (Å²) >= 11 is 12.1. The van der Waals surface area contributed by atoms with Crippen molar-refractivity contribution in [2.45, 2.75) is 46.3 Å². The normalized spacial score (nSPS) is 13.7. The van der Waals surface area contributed by atoms with Crippen LogP contribution in [0.3, 0.4) is 0 Å². The van der Waals surface area contributed by atoms with E-state index >= 15 is 0 Å². The topological polar surface area (TPSA) is 21.3 Å². The first kappa shape index (κ1) is 16.6. The van der Waals surface area contributed by atoms with Gasteiger partial charge in [-0.15, -0.1) is 0 Å². The molecule has 4 heteroatoms. The first-order valence-electron chi connectivity index (χ1n) is 6.56. The van der Waals surface area contributed by atoms with Gasteiger partial charge < -0.3 is 10.1 Å². The molecule has 0 aliphatic heterocycles. The first-order chi connectivity index (χ1) is 8.69. The van der Waals surface area contributed by atoms with E-state index in [9.17, 15) is 0 Å². The highest BCUT2D eigenvalue weighted by Gasteiger charge is 2.19. The zero-order valence-electron chi connectivity index (χ0n) is 12.3. The van der Waals surface area contributed by atoms with Gasteiger partial charge in [-0.3, -0.25) is 0 Å². The van der Waals surface area contributed by atoms with Gasteiger partial charge >= 0.3 is 0 Å². The lowest BCUT2D eigenvalue weighted by molar-refractivity contribution is 0.140. The number of nitrogens with one attached hydrogen (secondary N) is 1. The molecule has 0 aromatic heterocycles. The Balaban J connectivity index is 2.75. The highest BCUT2D eigenvalue weighted by Crippen LogP contribution is 2.29. The summed E-state index contributed by atoms with van der Waals surface area (Å²) in [5.41, 5.74) is 0.0641. The van der Waals surface area contributed by atoms with Crippen LogP contribution in [-0.4, -0.2) is 18.2 Å². The van der Waals surface area contributed by atoms with Gasteiger partial charge in [-0.05, 0) is 38.8 Å². The fourth-order valence-corrected chi connectivity index (χ4v) is 1.88. The second-order valence-corrected chi connectivity index (χ2v) is 6.95. The summed E-state index contributed by atoms with van der Waals surface area (Å²) < 4.78 is 6.00. The van der Waals surface area contributed by atoms with E-state index < -0.39 is 0 Å². The molecular weight excluding hydrogens is 281 g/mol. The Morgan fingerprint density at radius 2 is 1.84 bits per heavy atom. The van der Waals surface area contributed by atoms with Crippen molar-refractivity contribution in [3.05, 3.63) is 28.2 Å². The van der Waals surface area contributed by atoms with Crippen LogP contribution >= 0.6 is 23.2 Å². The number of hydrogen-bond acceptors (Lipinski definition) is 2. The van der Waals surface area contributed by atoms with Crippen molar-refractivity contribution in [2.75, 3.05) is 6.54 Å². The first-order valence-corrected chi connectivity index (χ1v) is 7.31. The van der Waals surface area contributed by atoms with E-state index in [1.807, 2.05) is 0 Å². The second kappa shape index (κ2) is 6.83. The van der Waals surface area contributed by atoms with E-state index in [4.69, 9.17) is 27.9 Å². The summed E-state index contributed by atoms with van der Waals surface area (Å²) in [5, 5.41) is 4.68. The summed E-state index contributed by atoms with van der Waals surface area (Å²) in [6, 6.07) is 5.28. The predicted molar refractivity (Wildman–Crippen MR) is 83.5 cm³/mol. The third-order valence-electron chi connectivity index (χ3n) is 2.75. The molecule has 1 aromatic rings. The lowest BCUT2D eigenvalue weighted by atomic mass is 10.0. The molecule has 0 saturated heterocycles. The van der Waals surface area contributed by atoms with E-state index in [-0.39, 0.29) is 11.6 Å². The maximum atomic E-state index is 6.13. The molecule has 0 amide bonds. The van der Waals surface area contributed by atoms with Gasteiger partial charge in [0.2, 0.25) is 0 Å². The molecule has 0 heterocycles. The van der Waals surface area contributed by atoms with Gasteiger partial charge in [-0.25, -0.2) is 0 Å². The minimum atomic E-state index is 0.0511. The van der Waals surface area contributed by atoms with Gasteiger partial charge in [0, 0.05) is 23.2 Å². The maximum absolute atomic E-state index is 6.13. The predicted octanol–water partition coefficient (Wildman–Crippen LogP) is 4.78. The summed E-state index contributed by atoms with van der Waals surface area (Å²) in [6.45, 7) is 11.4. The number of benzene rings is 1. The van der Waals surface area contributed by atoms with Crippen molar-refractivity contribution in [2.24, 2.45) is 5.92 Å². The van der Waals surface area contributed by atoms with Gasteiger partial charge in [-0.1, -0.05) is 37.0 Å². The van der Waals surface area contributed by atoms with Crippen molar-refractivity contribution in [1.82, 2.24) is 5.32 Å². The molecule has 0 bridgehead atoms. The Labute approximate surface area is 126 Å². The summed E-state index contributed by atoms with van der Waals surface area (Å²) in [7, 11) is 0. The van der Waals surface area contributed by atoms with Crippen LogP contribution in [0.4, 0.5) is 0 Å². The van der Waals surface area contributed by atoms with E-state index in [0.717, 1.165) is 6.54 Å². The van der Waals surface area contributed by atoms with E-state index in [1.165, 1.54) is 0 Å². The minimum absolute atomic E-state index is 0.0511. The largest absolute Gasteiger partial charge is 0.487 e. The van der Waals surface area contributed by atoms with E-state index in [1.54, 1.807) is 18.2 Å². The number of hydrogen-bond donors (Lipinski definition) is 1. The highest BCUT2D eigenvalue weighted by molar-refractivity contribution is 6.34. The Hall–Kier alpha value is -0.440. The van der Waals surface area contributed by atoms with Crippen LogP contribution in [0.1, 0.15) is 34.6 Å². The fourth-order valence-electron chi connectivity index (χ4n) is 1.55. The molecule has 0 radical (unpaired) electrons. The van der Waals surface area contributed by atoms with Crippen LogP contribution in [0.25, 0.3) is 0 Å². The van der Waals surface area contributed by atoms with Crippen LogP contribution in [0.5, 0.6) is 5.75 Å². The molecule has 2 nitrogen and oxygen atoms in total. The molecule has 0 aliphatic carbocycles. The van der Waals surface area contributed by atoms with Crippen molar-refractivity contribution < 1.29 is 4.74 Å². The molecule has 1 rings (SSSR count). The minimum Gasteiger partial charge on any atom is -0.487 e. The van der Waals surface area contributed by atoms with E-state index in [2.05, 4.69) is 39.9 Å². The molecule has 1 N–H and O–H groups in total. The monoisotopic (exact) mass is 303 g/mol. The number of halogens is 2. The van der Waals surface area contributed by atoms with Gasteiger partial charge in [0.25, 0.3) is 0 Å². The molecular formula is C15H23Cl2NO. The van der Waals surface area contributed by atoms with Crippen molar-refractivity contribution in [1.29, 1.82) is 0 Å². The third-order valence-corrected chi connectivity index (χ3v) is 3.30. The highest BCUT2D eigenvalue weighted by atomic mass is 35.5. The molecule has 108 valence electrons. The summed E-state index contributed by atoms with van der Waals surface area (Å²) in [4.78, 5) is 0. The number of rotatable bonds is 5. The maximum Gasteiger partial charge on any atom is 0.139 e. The Morgan fingerprint density at radius 3 is 2.37 bits per heavy atom. The van der Waals surface area contributed by atoms with Crippen LogP contribution in [0.15, 0.2) is 18.2 Å². The Kier molecular flexibility index (Phi) is 5.97. The molecule has 1 unspecified atom stereocenters. The molecule has 1 atom stereocenters. The molecule has 1 aromatic carbocycles. The summed E-state index contributed by atoms with van der Waals surface area (Å²) in [5.74, 6) is 1.02. The Morgan fingerprint density at radius 1 is 1.21 bits per heavy atom. The third kappa shape index (κ3) is 6.03. The quantitative estimate of drug-likeness (QED) is 0.845. The van der Waals surface area contributed by atoms with Crippen LogP contribution < -0.4 is 10.1 Å². The fraction of sp³-hybridized carbons (Fsp3) is 0.600. The van der Waals surface area contributed by atoms with Gasteiger partial charge in [-0.2, -0.15) is 0 Å². The summed E-state index contributed by atoms with van der Waals surface area (Å²) in [6.07, 6.45) is 0.0511. The lowest BCUT2D eigenvalue weighted by Gasteiger charge is -2.28. The van der Waals surface area contributed by atoms with E-state index in [0.29, 0.717) is 21.7 Å². The second-order valence-electron chi connectivity index (χ2n) is 6.11. The molecule has 19 heavy (non-hydrogen) atoms. The van der Waals surface area contributed by atoms with Gasteiger partial charge in [0.1, 0.15) is 11.9 Å².